The minimum Gasteiger partial charge on any atom is -0.467 e. The van der Waals surface area contributed by atoms with Crippen molar-refractivity contribution in [2.45, 2.75) is 26.6 Å². The zero-order valence-corrected chi connectivity index (χ0v) is 11.0. The van der Waals surface area contributed by atoms with E-state index in [9.17, 15) is 13.2 Å². The summed E-state index contributed by atoms with van der Waals surface area (Å²) in [5.41, 5.74) is -0.208. The van der Waals surface area contributed by atoms with E-state index in [1.807, 2.05) is 6.92 Å². The van der Waals surface area contributed by atoms with E-state index in [0.29, 0.717) is 25.3 Å². The topological polar surface area (TPSA) is 30.5 Å². The van der Waals surface area contributed by atoms with Crippen molar-refractivity contribution in [1.29, 1.82) is 0 Å². The Kier molecular flexibility index (Phi) is 6.11. The molecule has 1 rings (SSSR count). The van der Waals surface area contributed by atoms with Gasteiger partial charge in [0, 0.05) is 13.2 Å². The van der Waals surface area contributed by atoms with E-state index in [-0.39, 0.29) is 12.5 Å². The maximum absolute atomic E-state index is 12.9. The Morgan fingerprint density at radius 3 is 2.53 bits per heavy atom. The Hall–Kier alpha value is -1.27. The Bertz CT molecular complexity index is 394. The third-order valence-electron chi connectivity index (χ3n) is 2.43. The number of benzene rings is 1. The number of ether oxygens (including phenoxy) is 2. The van der Waals surface area contributed by atoms with Gasteiger partial charge in [-0.25, -0.2) is 0 Å². The summed E-state index contributed by atoms with van der Waals surface area (Å²) in [6.07, 6.45) is -4.44. The van der Waals surface area contributed by atoms with Crippen LogP contribution in [0, 0.1) is 0 Å². The van der Waals surface area contributed by atoms with Crippen molar-refractivity contribution < 1.29 is 22.6 Å². The maximum Gasteiger partial charge on any atom is 0.419 e. The molecular weight excluding hydrogens is 259 g/mol. The molecule has 0 atom stereocenters. The van der Waals surface area contributed by atoms with Gasteiger partial charge < -0.3 is 14.8 Å². The molecule has 0 amide bonds. The van der Waals surface area contributed by atoms with Gasteiger partial charge in [-0.05, 0) is 31.2 Å². The molecule has 3 nitrogen and oxygen atoms in total. The third kappa shape index (κ3) is 5.08. The maximum atomic E-state index is 12.9. The van der Waals surface area contributed by atoms with Crippen LogP contribution >= 0.6 is 0 Å². The first kappa shape index (κ1) is 15.8. The summed E-state index contributed by atoms with van der Waals surface area (Å²) in [7, 11) is 0. The van der Waals surface area contributed by atoms with Gasteiger partial charge in [-0.15, -0.1) is 0 Å². The van der Waals surface area contributed by atoms with Gasteiger partial charge in [0.15, 0.2) is 6.79 Å². The van der Waals surface area contributed by atoms with E-state index in [1.165, 1.54) is 6.07 Å². The number of alkyl halides is 3. The minimum atomic E-state index is -4.44. The Balaban J connectivity index is 2.90. The van der Waals surface area contributed by atoms with E-state index in [2.05, 4.69) is 5.32 Å². The summed E-state index contributed by atoms with van der Waals surface area (Å²) in [4.78, 5) is 0. The normalized spacial score (nSPS) is 11.6. The second-order valence-corrected chi connectivity index (χ2v) is 3.86. The summed E-state index contributed by atoms with van der Waals surface area (Å²) in [5.74, 6) is -0.207. The van der Waals surface area contributed by atoms with Crippen molar-refractivity contribution in [1.82, 2.24) is 5.32 Å². The van der Waals surface area contributed by atoms with Crippen LogP contribution in [0.4, 0.5) is 13.2 Å². The molecule has 0 aromatic heterocycles. The second kappa shape index (κ2) is 7.35. The van der Waals surface area contributed by atoms with Crippen LogP contribution in [0.2, 0.25) is 0 Å². The zero-order chi connectivity index (χ0) is 14.3. The van der Waals surface area contributed by atoms with Gasteiger partial charge in [0.1, 0.15) is 5.75 Å². The fourth-order valence-corrected chi connectivity index (χ4v) is 1.49. The van der Waals surface area contributed by atoms with Crippen molar-refractivity contribution in [2.24, 2.45) is 0 Å². The van der Waals surface area contributed by atoms with Crippen LogP contribution in [0.25, 0.3) is 0 Å². The average Bonchev–Trinajstić information content (AvgIpc) is 2.36. The second-order valence-electron chi connectivity index (χ2n) is 3.86. The highest BCUT2D eigenvalue weighted by molar-refractivity contribution is 5.39. The first-order valence-corrected chi connectivity index (χ1v) is 6.10. The minimum absolute atomic E-state index is 0.188. The summed E-state index contributed by atoms with van der Waals surface area (Å²) in [5, 5.41) is 2.98. The van der Waals surface area contributed by atoms with Gasteiger partial charge in [-0.2, -0.15) is 13.2 Å². The van der Waals surface area contributed by atoms with Crippen molar-refractivity contribution >= 4 is 0 Å². The molecule has 0 heterocycles. The molecule has 6 heteroatoms. The lowest BCUT2D eigenvalue weighted by molar-refractivity contribution is -0.139. The molecule has 0 unspecified atom stereocenters. The molecule has 1 aromatic carbocycles. The van der Waals surface area contributed by atoms with Crippen LogP contribution in [-0.2, 0) is 17.5 Å². The van der Waals surface area contributed by atoms with Gasteiger partial charge in [0.25, 0.3) is 0 Å². The Morgan fingerprint density at radius 2 is 1.95 bits per heavy atom. The van der Waals surface area contributed by atoms with Gasteiger partial charge in [-0.3, -0.25) is 0 Å². The molecule has 1 aromatic rings. The van der Waals surface area contributed by atoms with E-state index in [4.69, 9.17) is 9.47 Å². The van der Waals surface area contributed by atoms with Crippen LogP contribution in [0.15, 0.2) is 18.2 Å². The first-order valence-electron chi connectivity index (χ1n) is 6.10. The monoisotopic (exact) mass is 277 g/mol. The predicted molar refractivity (Wildman–Crippen MR) is 65.9 cm³/mol. The van der Waals surface area contributed by atoms with Crippen LogP contribution in [0.3, 0.4) is 0 Å². The molecule has 19 heavy (non-hydrogen) atoms. The molecule has 0 fully saturated rings. The summed E-state index contributed by atoms with van der Waals surface area (Å²) >= 11 is 0. The molecule has 108 valence electrons. The smallest absolute Gasteiger partial charge is 0.419 e. The molecule has 0 saturated carbocycles. The van der Waals surface area contributed by atoms with Gasteiger partial charge in [0.05, 0.1) is 5.56 Å². The fraction of sp³-hybridized carbons (Fsp3) is 0.538. The zero-order valence-electron chi connectivity index (χ0n) is 11.0. The Labute approximate surface area is 110 Å². The molecule has 0 radical (unpaired) electrons. The van der Waals surface area contributed by atoms with Crippen molar-refractivity contribution in [3.05, 3.63) is 29.3 Å². The van der Waals surface area contributed by atoms with Crippen LogP contribution in [-0.4, -0.2) is 19.9 Å². The average molecular weight is 277 g/mol. The Morgan fingerprint density at radius 1 is 1.21 bits per heavy atom. The van der Waals surface area contributed by atoms with Gasteiger partial charge >= 0.3 is 6.18 Å². The molecule has 0 saturated heterocycles. The molecule has 1 N–H and O–H groups in total. The van der Waals surface area contributed by atoms with E-state index in [1.54, 1.807) is 13.0 Å². The molecule has 0 aliphatic heterocycles. The van der Waals surface area contributed by atoms with Crippen molar-refractivity contribution in [2.75, 3.05) is 19.9 Å². The van der Waals surface area contributed by atoms with Crippen molar-refractivity contribution in [3.63, 3.8) is 0 Å². The lowest BCUT2D eigenvalue weighted by Gasteiger charge is -2.15. The lowest BCUT2D eigenvalue weighted by atomic mass is 10.1. The third-order valence-corrected chi connectivity index (χ3v) is 2.43. The van der Waals surface area contributed by atoms with Crippen LogP contribution in [0.5, 0.6) is 5.75 Å². The van der Waals surface area contributed by atoms with Crippen LogP contribution in [0.1, 0.15) is 25.0 Å². The van der Waals surface area contributed by atoms with Gasteiger partial charge in [-0.1, -0.05) is 13.0 Å². The highest BCUT2D eigenvalue weighted by Gasteiger charge is 2.34. The molecule has 0 aliphatic carbocycles. The van der Waals surface area contributed by atoms with Crippen LogP contribution < -0.4 is 10.1 Å². The number of halogens is 3. The predicted octanol–water partition coefficient (Wildman–Crippen LogP) is 3.19. The first-order chi connectivity index (χ1) is 8.99. The molecule has 0 spiro atoms. The highest BCUT2D eigenvalue weighted by atomic mass is 19.4. The number of hydrogen-bond donors (Lipinski definition) is 1. The number of nitrogens with one attached hydrogen (secondary N) is 1. The van der Waals surface area contributed by atoms with E-state index < -0.39 is 11.7 Å². The summed E-state index contributed by atoms with van der Waals surface area (Å²) in [6.45, 7) is 4.93. The highest BCUT2D eigenvalue weighted by Crippen LogP contribution is 2.36. The standard InChI is InChI=1S/C13H18F3NO2/c1-3-17-8-10-5-6-12(19-9-18-4-2)11(7-10)13(14,15)16/h5-7,17H,3-4,8-9H2,1-2H3. The summed E-state index contributed by atoms with van der Waals surface area (Å²) in [6, 6.07) is 4.04. The number of rotatable bonds is 7. The summed E-state index contributed by atoms with van der Waals surface area (Å²) < 4.78 is 48.7. The largest absolute Gasteiger partial charge is 0.467 e. The SMILES string of the molecule is CCNCc1ccc(OCOCC)c(C(F)(F)F)c1. The van der Waals surface area contributed by atoms with E-state index >= 15 is 0 Å². The molecular formula is C13H18F3NO2. The van der Waals surface area contributed by atoms with Crippen molar-refractivity contribution in [3.8, 4) is 5.75 Å². The van der Waals surface area contributed by atoms with E-state index in [0.717, 1.165) is 6.07 Å². The molecule has 0 aliphatic rings. The number of hydrogen-bond acceptors (Lipinski definition) is 3. The lowest BCUT2D eigenvalue weighted by Crippen LogP contribution is -2.14. The quantitative estimate of drug-likeness (QED) is 0.613. The molecule has 0 bridgehead atoms. The van der Waals surface area contributed by atoms with Gasteiger partial charge in [0.2, 0.25) is 0 Å². The fourth-order valence-electron chi connectivity index (χ4n) is 1.49.